The van der Waals surface area contributed by atoms with E-state index in [-0.39, 0.29) is 66.3 Å². The minimum atomic E-state index is -1.23. The van der Waals surface area contributed by atoms with E-state index in [4.69, 9.17) is 35.8 Å². The van der Waals surface area contributed by atoms with Crippen molar-refractivity contribution in [2.75, 3.05) is 65.5 Å². The lowest BCUT2D eigenvalue weighted by Gasteiger charge is -2.33. The van der Waals surface area contributed by atoms with Gasteiger partial charge in [-0.25, -0.2) is 23.9 Å². The van der Waals surface area contributed by atoms with Crippen molar-refractivity contribution in [3.05, 3.63) is 71.1 Å². The second kappa shape index (κ2) is 19.1. The Morgan fingerprint density at radius 1 is 1.11 bits per heavy atom. The summed E-state index contributed by atoms with van der Waals surface area (Å²) in [7, 11) is 3.05. The van der Waals surface area contributed by atoms with E-state index in [9.17, 15) is 18.8 Å². The molecule has 0 aliphatic rings. The highest BCUT2D eigenvalue weighted by atomic mass is 35.5. The number of nitriles is 1. The number of ether oxygens (including phenoxy) is 4. The van der Waals surface area contributed by atoms with E-state index in [2.05, 4.69) is 20.6 Å². The van der Waals surface area contributed by atoms with Gasteiger partial charge < -0.3 is 34.5 Å². The number of halogens is 3. The molecule has 18 heteroatoms. The summed E-state index contributed by atoms with van der Waals surface area (Å²) in [6, 6.07) is 8.10. The van der Waals surface area contributed by atoms with E-state index in [1.54, 1.807) is 46.9 Å². The predicted octanol–water partition coefficient (Wildman–Crippen LogP) is 5.45. The van der Waals surface area contributed by atoms with Crippen molar-refractivity contribution in [3.8, 4) is 23.1 Å². The molecule has 1 unspecified atom stereocenters. The van der Waals surface area contributed by atoms with Crippen molar-refractivity contribution in [2.24, 2.45) is 0 Å². The number of hydrogen-bond acceptors (Lipinski definition) is 12. The molecular weight excluding hydrogens is 742 g/mol. The molecule has 0 radical (unpaired) electrons. The minimum absolute atomic E-state index is 0.0769. The summed E-state index contributed by atoms with van der Waals surface area (Å²) in [5.41, 5.74) is 0.453. The van der Waals surface area contributed by atoms with Crippen LogP contribution in [0.4, 0.5) is 25.1 Å². The van der Waals surface area contributed by atoms with Crippen LogP contribution in [-0.2, 0) is 19.0 Å². The normalized spacial score (nSPS) is 11.9. The van der Waals surface area contributed by atoms with E-state index in [1.807, 2.05) is 4.90 Å². The highest BCUT2D eigenvalue weighted by Crippen LogP contribution is 2.32. The first-order valence-corrected chi connectivity index (χ1v) is 17.6. The average Bonchev–Trinajstić information content (AvgIpc) is 3.57. The number of carbonyl (C=O) groups excluding carboxylic acids is 3. The van der Waals surface area contributed by atoms with Crippen molar-refractivity contribution < 1.29 is 42.1 Å². The van der Waals surface area contributed by atoms with Gasteiger partial charge in [0.1, 0.15) is 17.7 Å². The lowest BCUT2D eigenvalue weighted by atomic mass is 10.1. The van der Waals surface area contributed by atoms with Gasteiger partial charge in [-0.05, 0) is 65.1 Å². The van der Waals surface area contributed by atoms with Crippen LogP contribution in [0.3, 0.4) is 0 Å². The Balaban J connectivity index is 1.29. The van der Waals surface area contributed by atoms with Gasteiger partial charge in [-0.2, -0.15) is 9.65 Å². The lowest BCUT2D eigenvalue weighted by Crippen LogP contribution is -2.52. The molecule has 294 valence electrons. The zero-order chi connectivity index (χ0) is 40.3. The number of nitrogens with one attached hydrogen (secondary N) is 2. The minimum Gasteiger partial charge on any atom is -0.476 e. The van der Waals surface area contributed by atoms with Crippen LogP contribution in [0.2, 0.25) is 5.02 Å². The second-order valence-corrected chi connectivity index (χ2v) is 13.5. The predicted molar refractivity (Wildman–Crippen MR) is 199 cm³/mol. The van der Waals surface area contributed by atoms with Crippen LogP contribution in [0, 0.1) is 23.0 Å². The van der Waals surface area contributed by atoms with Crippen LogP contribution >= 0.6 is 11.6 Å². The summed E-state index contributed by atoms with van der Waals surface area (Å²) >= 11 is 6.48. The number of imidazole rings is 1. The highest BCUT2D eigenvalue weighted by molar-refractivity contribution is 6.34. The maximum atomic E-state index is 15.0. The number of nitrogens with zero attached hydrogens (tertiary/aromatic N) is 6. The molecule has 0 spiro atoms. The topological polar surface area (TPSA) is 173 Å². The molecule has 1 atom stereocenters. The van der Waals surface area contributed by atoms with Crippen LogP contribution in [0.25, 0.3) is 16.9 Å². The van der Waals surface area contributed by atoms with E-state index in [0.29, 0.717) is 17.9 Å². The number of likely N-dealkylation sites (N-methyl/N-ethyl adjacent to an activating group) is 2. The van der Waals surface area contributed by atoms with Crippen LogP contribution < -0.4 is 15.4 Å². The molecule has 55 heavy (non-hydrogen) atoms. The maximum Gasteiger partial charge on any atom is 0.411 e. The molecule has 2 N–H and O–H groups in total. The van der Waals surface area contributed by atoms with Gasteiger partial charge in [0.05, 0.1) is 42.8 Å². The van der Waals surface area contributed by atoms with E-state index >= 15 is 4.39 Å². The van der Waals surface area contributed by atoms with Crippen LogP contribution in [0.1, 0.15) is 38.1 Å². The van der Waals surface area contributed by atoms with Gasteiger partial charge in [-0.15, -0.1) is 0 Å². The molecule has 2 aromatic carbocycles. The van der Waals surface area contributed by atoms with Crippen molar-refractivity contribution in [1.82, 2.24) is 29.5 Å². The molecular formula is C37H43ClF2N8O7. The summed E-state index contributed by atoms with van der Waals surface area (Å²) in [5, 5.41) is 14.7. The summed E-state index contributed by atoms with van der Waals surface area (Å²) in [6.07, 6.45) is 3.75. The Bertz CT molecular complexity index is 2030. The smallest absolute Gasteiger partial charge is 0.411 e. The number of benzene rings is 2. The zero-order valence-electron chi connectivity index (χ0n) is 31.3. The monoisotopic (exact) mass is 784 g/mol. The fourth-order valence-electron chi connectivity index (χ4n) is 5.35. The van der Waals surface area contributed by atoms with Gasteiger partial charge in [0, 0.05) is 49.8 Å². The van der Waals surface area contributed by atoms with Crippen molar-refractivity contribution >= 4 is 46.7 Å². The molecule has 0 aliphatic carbocycles. The maximum absolute atomic E-state index is 15.0. The van der Waals surface area contributed by atoms with Crippen molar-refractivity contribution in [3.63, 3.8) is 0 Å². The number of fused-ring (bicyclic) bond motifs is 1. The number of anilines is 2. The molecule has 4 rings (SSSR count). The van der Waals surface area contributed by atoms with Gasteiger partial charge >= 0.3 is 12.1 Å². The first kappa shape index (κ1) is 42.2. The molecule has 15 nitrogen and oxygen atoms in total. The SMILES string of the molecule is CCN(C(=O)OC(C)(C)C)C(CN(C)CCOCCNC(=O)c1ccc(Nc2nccn3c(-c4ccc(OCC#N)c(F)c4F)cnc23)cc1Cl)C(=O)OC. The number of esters is 1. The number of methoxy groups -OCH3 is 1. The number of amides is 2. The molecule has 0 saturated heterocycles. The fourth-order valence-corrected chi connectivity index (χ4v) is 5.61. The summed E-state index contributed by atoms with van der Waals surface area (Å²) in [4.78, 5) is 50.0. The quantitative estimate of drug-likeness (QED) is 0.103. The number of aromatic nitrogens is 3. The second-order valence-electron chi connectivity index (χ2n) is 13.1. The Morgan fingerprint density at radius 2 is 1.87 bits per heavy atom. The Morgan fingerprint density at radius 3 is 2.55 bits per heavy atom. The molecule has 2 aromatic heterocycles. The Kier molecular flexibility index (Phi) is 14.7. The first-order chi connectivity index (χ1) is 26.2. The number of hydrogen-bond donors (Lipinski definition) is 2. The average molecular weight is 785 g/mol. The molecule has 4 aromatic rings. The molecule has 0 aliphatic heterocycles. The first-order valence-electron chi connectivity index (χ1n) is 17.2. The Labute approximate surface area is 322 Å². The summed E-state index contributed by atoms with van der Waals surface area (Å²) in [5.74, 6) is -3.47. The van der Waals surface area contributed by atoms with Gasteiger partial charge in [-0.3, -0.25) is 14.1 Å². The molecule has 2 heterocycles. The third kappa shape index (κ3) is 11.0. The third-order valence-electron chi connectivity index (χ3n) is 7.97. The Hall–Kier alpha value is -5.57. The molecule has 2 amide bonds. The molecule has 0 bridgehead atoms. The van der Waals surface area contributed by atoms with Gasteiger partial charge in [0.25, 0.3) is 5.91 Å². The summed E-state index contributed by atoms with van der Waals surface area (Å²) < 4.78 is 52.2. The number of carbonyl (C=O) groups is 3. The molecule has 0 fully saturated rings. The van der Waals surface area contributed by atoms with Gasteiger partial charge in [0.15, 0.2) is 29.6 Å². The third-order valence-corrected chi connectivity index (χ3v) is 8.28. The number of rotatable bonds is 17. The van der Waals surface area contributed by atoms with Crippen molar-refractivity contribution in [1.29, 1.82) is 5.26 Å². The zero-order valence-corrected chi connectivity index (χ0v) is 32.1. The fraction of sp³-hybridized carbons (Fsp3) is 0.405. The van der Waals surface area contributed by atoms with Gasteiger partial charge in [-0.1, -0.05) is 11.6 Å². The standard InChI is InChI=1S/C37H43ClF2N8O7/c1-7-47(36(51)55-37(2,3)4)28(35(50)52-6)22-46(5)16-19-53-18-14-43-34(49)24-9-8-23(20-26(24)38)45-32-33-44-21-27(48(33)15-13-42-32)25-10-11-29(54-17-12-41)31(40)30(25)39/h8-11,13,15,20-21,28H,7,14,16-19,22H2,1-6H3,(H,42,45)(H,43,49). The van der Waals surface area contributed by atoms with Crippen molar-refractivity contribution in [2.45, 2.75) is 39.3 Å². The van der Waals surface area contributed by atoms with Gasteiger partial charge in [0.2, 0.25) is 5.82 Å². The van der Waals surface area contributed by atoms with E-state index in [0.717, 1.165) is 0 Å². The van der Waals surface area contributed by atoms with Crippen LogP contribution in [0.15, 0.2) is 48.9 Å². The molecule has 0 saturated carbocycles. The van der Waals surface area contributed by atoms with Crippen LogP contribution in [-0.4, -0.2) is 114 Å². The summed E-state index contributed by atoms with van der Waals surface area (Å²) in [6.45, 7) is 8.11. The van der Waals surface area contributed by atoms with Crippen LogP contribution in [0.5, 0.6) is 5.75 Å². The lowest BCUT2D eigenvalue weighted by molar-refractivity contribution is -0.147. The largest absolute Gasteiger partial charge is 0.476 e. The highest BCUT2D eigenvalue weighted by Gasteiger charge is 2.33. The van der Waals surface area contributed by atoms with E-state index < -0.39 is 47.9 Å². The van der Waals surface area contributed by atoms with E-state index in [1.165, 1.54) is 59.3 Å².